The van der Waals surface area contributed by atoms with E-state index in [1.165, 1.54) is 0 Å². The predicted molar refractivity (Wildman–Crippen MR) is 80.1 cm³/mol. The number of carbonyl (C=O) groups is 1. The molecule has 0 spiro atoms. The second kappa shape index (κ2) is 6.12. The Balaban J connectivity index is 1.70. The van der Waals surface area contributed by atoms with Gasteiger partial charge in [-0.3, -0.25) is 4.79 Å². The van der Waals surface area contributed by atoms with Crippen molar-refractivity contribution in [2.24, 2.45) is 5.92 Å². The summed E-state index contributed by atoms with van der Waals surface area (Å²) in [6.07, 6.45) is 2.07. The molecule has 1 saturated heterocycles. The molecule has 3 rings (SSSR count). The van der Waals surface area contributed by atoms with E-state index in [2.05, 4.69) is 5.32 Å². The highest BCUT2D eigenvalue weighted by molar-refractivity contribution is 6.32. The third-order valence-electron chi connectivity index (χ3n) is 4.07. The van der Waals surface area contributed by atoms with Crippen LogP contribution in [0.15, 0.2) is 12.1 Å². The van der Waals surface area contributed by atoms with Crippen molar-refractivity contribution in [3.05, 3.63) is 22.7 Å². The van der Waals surface area contributed by atoms with E-state index in [1.54, 1.807) is 12.1 Å². The van der Waals surface area contributed by atoms with E-state index in [9.17, 15) is 4.79 Å². The number of benzene rings is 1. The van der Waals surface area contributed by atoms with Crippen LogP contribution in [0.3, 0.4) is 0 Å². The number of hydrogen-bond donors (Lipinski definition) is 1. The predicted octanol–water partition coefficient (Wildman–Crippen LogP) is 2.14. The van der Waals surface area contributed by atoms with E-state index in [0.717, 1.165) is 32.5 Å². The molecule has 0 radical (unpaired) electrons. The van der Waals surface area contributed by atoms with Crippen LogP contribution in [-0.4, -0.2) is 44.3 Å². The lowest BCUT2D eigenvalue weighted by Gasteiger charge is -2.32. The van der Waals surface area contributed by atoms with Crippen LogP contribution in [0.4, 0.5) is 0 Å². The van der Waals surface area contributed by atoms with Crippen molar-refractivity contribution in [1.29, 1.82) is 0 Å². The zero-order chi connectivity index (χ0) is 14.8. The fraction of sp³-hybridized carbons (Fsp3) is 0.533. The fourth-order valence-electron chi connectivity index (χ4n) is 2.90. The van der Waals surface area contributed by atoms with Gasteiger partial charge in [0.05, 0.1) is 5.02 Å². The summed E-state index contributed by atoms with van der Waals surface area (Å²) in [5.41, 5.74) is 0.566. The number of nitrogens with zero attached hydrogens (tertiary/aromatic N) is 1. The minimum absolute atomic E-state index is 0.0121. The quantitative estimate of drug-likeness (QED) is 0.929. The van der Waals surface area contributed by atoms with Crippen molar-refractivity contribution < 1.29 is 14.3 Å². The van der Waals surface area contributed by atoms with E-state index >= 15 is 0 Å². The Labute approximate surface area is 129 Å². The van der Waals surface area contributed by atoms with Gasteiger partial charge in [-0.2, -0.15) is 0 Å². The Hall–Kier alpha value is -1.46. The van der Waals surface area contributed by atoms with Gasteiger partial charge < -0.3 is 19.7 Å². The monoisotopic (exact) mass is 310 g/mol. The number of likely N-dealkylation sites (tertiary alicyclic amines) is 1. The molecule has 114 valence electrons. The summed E-state index contributed by atoms with van der Waals surface area (Å²) in [6.45, 7) is 2.74. The minimum atomic E-state index is 0.0121. The Kier molecular flexibility index (Phi) is 4.22. The molecule has 0 bridgehead atoms. The zero-order valence-corrected chi connectivity index (χ0v) is 12.8. The second-order valence-electron chi connectivity index (χ2n) is 5.49. The van der Waals surface area contributed by atoms with E-state index in [-0.39, 0.29) is 12.7 Å². The van der Waals surface area contributed by atoms with Crippen molar-refractivity contribution in [2.75, 3.05) is 33.5 Å². The molecule has 1 aromatic rings. The van der Waals surface area contributed by atoms with Gasteiger partial charge in [0.25, 0.3) is 5.91 Å². The smallest absolute Gasteiger partial charge is 0.254 e. The van der Waals surface area contributed by atoms with Crippen molar-refractivity contribution in [3.8, 4) is 11.5 Å². The van der Waals surface area contributed by atoms with Gasteiger partial charge in [-0.25, -0.2) is 0 Å². The summed E-state index contributed by atoms with van der Waals surface area (Å²) in [5, 5.41) is 3.63. The van der Waals surface area contributed by atoms with E-state index in [4.69, 9.17) is 21.1 Å². The molecule has 1 fully saturated rings. The first-order valence-electron chi connectivity index (χ1n) is 7.22. The summed E-state index contributed by atoms with van der Waals surface area (Å²) < 4.78 is 10.6. The third-order valence-corrected chi connectivity index (χ3v) is 4.35. The molecule has 21 heavy (non-hydrogen) atoms. The summed E-state index contributed by atoms with van der Waals surface area (Å²) in [4.78, 5) is 14.5. The lowest BCUT2D eigenvalue weighted by atomic mass is 9.96. The summed E-state index contributed by atoms with van der Waals surface area (Å²) in [5.74, 6) is 1.74. The van der Waals surface area contributed by atoms with Crippen LogP contribution in [0.5, 0.6) is 11.5 Å². The maximum absolute atomic E-state index is 12.6. The average Bonchev–Trinajstić information content (AvgIpc) is 2.97. The first kappa shape index (κ1) is 14.5. The second-order valence-corrected chi connectivity index (χ2v) is 5.89. The summed E-state index contributed by atoms with van der Waals surface area (Å²) in [6, 6.07) is 3.38. The van der Waals surface area contributed by atoms with E-state index in [1.807, 2.05) is 11.9 Å². The zero-order valence-electron chi connectivity index (χ0n) is 12.0. The van der Waals surface area contributed by atoms with E-state index < -0.39 is 0 Å². The number of hydrogen-bond acceptors (Lipinski definition) is 4. The van der Waals surface area contributed by atoms with Crippen molar-refractivity contribution in [1.82, 2.24) is 10.2 Å². The van der Waals surface area contributed by atoms with Gasteiger partial charge in [-0.1, -0.05) is 11.6 Å². The topological polar surface area (TPSA) is 50.8 Å². The van der Waals surface area contributed by atoms with Gasteiger partial charge in [0.2, 0.25) is 6.79 Å². The van der Waals surface area contributed by atoms with Crippen LogP contribution >= 0.6 is 11.6 Å². The normalized spacial score (nSPS) is 18.1. The number of nitrogens with one attached hydrogen (secondary N) is 1. The molecule has 0 saturated carbocycles. The van der Waals surface area contributed by atoms with Gasteiger partial charge in [0, 0.05) is 18.7 Å². The highest BCUT2D eigenvalue weighted by Gasteiger charge is 2.26. The molecule has 2 aliphatic rings. The largest absolute Gasteiger partial charge is 0.454 e. The van der Waals surface area contributed by atoms with Crippen LogP contribution in [-0.2, 0) is 0 Å². The van der Waals surface area contributed by atoms with Crippen LogP contribution in [0.2, 0.25) is 5.02 Å². The van der Waals surface area contributed by atoms with Crippen LogP contribution in [0, 0.1) is 5.92 Å². The molecule has 0 aliphatic carbocycles. The number of ether oxygens (including phenoxy) is 2. The molecule has 2 heterocycles. The highest BCUT2D eigenvalue weighted by atomic mass is 35.5. The van der Waals surface area contributed by atoms with Gasteiger partial charge in [-0.05, 0) is 44.5 Å². The number of carbonyl (C=O) groups excluding carboxylic acids is 1. The standard InChI is InChI=1S/C15H19ClN2O3/c1-17-8-10-2-4-18(5-3-10)15(19)11-6-12(16)14-13(7-11)20-9-21-14/h6-7,10,17H,2-5,8-9H2,1H3. The maximum atomic E-state index is 12.6. The van der Waals surface area contributed by atoms with Crippen molar-refractivity contribution in [3.63, 3.8) is 0 Å². The Morgan fingerprint density at radius 1 is 1.38 bits per heavy atom. The summed E-state index contributed by atoms with van der Waals surface area (Å²) >= 11 is 6.14. The molecule has 0 atom stereocenters. The average molecular weight is 311 g/mol. The molecule has 0 unspecified atom stereocenters. The SMILES string of the molecule is CNCC1CCN(C(=O)c2cc(Cl)c3c(c2)OCO3)CC1. The van der Waals surface area contributed by atoms with Gasteiger partial charge >= 0.3 is 0 Å². The number of piperidine rings is 1. The molecule has 1 N–H and O–H groups in total. The van der Waals surface area contributed by atoms with Crippen LogP contribution < -0.4 is 14.8 Å². The molecule has 5 nitrogen and oxygen atoms in total. The van der Waals surface area contributed by atoms with Crippen LogP contribution in [0.1, 0.15) is 23.2 Å². The molecule has 6 heteroatoms. The molecule has 1 aromatic carbocycles. The summed E-state index contributed by atoms with van der Waals surface area (Å²) in [7, 11) is 1.96. The first-order valence-corrected chi connectivity index (χ1v) is 7.60. The maximum Gasteiger partial charge on any atom is 0.254 e. The Morgan fingerprint density at radius 2 is 2.14 bits per heavy atom. The Bertz CT molecular complexity index is 542. The number of fused-ring (bicyclic) bond motifs is 1. The third kappa shape index (κ3) is 2.94. The van der Waals surface area contributed by atoms with E-state index in [0.29, 0.717) is 28.0 Å². The van der Waals surface area contributed by atoms with Crippen LogP contribution in [0.25, 0.3) is 0 Å². The lowest BCUT2D eigenvalue weighted by molar-refractivity contribution is 0.0690. The van der Waals surface area contributed by atoms with Gasteiger partial charge in [-0.15, -0.1) is 0 Å². The number of halogens is 1. The van der Waals surface area contributed by atoms with Gasteiger partial charge in [0.1, 0.15) is 0 Å². The molecular formula is C15H19ClN2O3. The van der Waals surface area contributed by atoms with Crippen molar-refractivity contribution >= 4 is 17.5 Å². The molecule has 2 aliphatic heterocycles. The highest BCUT2D eigenvalue weighted by Crippen LogP contribution is 2.40. The molecular weight excluding hydrogens is 292 g/mol. The lowest BCUT2D eigenvalue weighted by Crippen LogP contribution is -2.40. The number of rotatable bonds is 3. The first-order chi connectivity index (χ1) is 10.2. The molecule has 1 amide bonds. The Morgan fingerprint density at radius 3 is 2.86 bits per heavy atom. The number of amides is 1. The van der Waals surface area contributed by atoms with Crippen molar-refractivity contribution in [2.45, 2.75) is 12.8 Å². The minimum Gasteiger partial charge on any atom is -0.454 e. The fourth-order valence-corrected chi connectivity index (χ4v) is 3.17. The molecule has 0 aromatic heterocycles. The van der Waals surface area contributed by atoms with Gasteiger partial charge in [0.15, 0.2) is 11.5 Å².